The molecule has 142 valence electrons. The van der Waals surface area contributed by atoms with Crippen molar-refractivity contribution in [1.29, 1.82) is 0 Å². The Bertz CT molecular complexity index is 899. The van der Waals surface area contributed by atoms with Crippen LogP contribution in [0.15, 0.2) is 78.9 Å². The highest BCUT2D eigenvalue weighted by Crippen LogP contribution is 2.38. The zero-order valence-corrected chi connectivity index (χ0v) is 16.6. The first-order valence-corrected chi connectivity index (χ1v) is 10.5. The molecule has 28 heavy (non-hydrogen) atoms. The van der Waals surface area contributed by atoms with Gasteiger partial charge in [0.15, 0.2) is 0 Å². The van der Waals surface area contributed by atoms with Gasteiger partial charge in [-0.05, 0) is 34.2 Å². The first-order valence-electron chi connectivity index (χ1n) is 10.5. The van der Waals surface area contributed by atoms with Crippen molar-refractivity contribution in [3.8, 4) is 0 Å². The molecule has 3 aromatic rings. The fourth-order valence-electron chi connectivity index (χ4n) is 5.16. The average Bonchev–Trinajstić information content (AvgIpc) is 3.36. The molecule has 0 bridgehead atoms. The summed E-state index contributed by atoms with van der Waals surface area (Å²) in [5, 5.41) is 0. The number of hydrogen-bond donors (Lipinski definition) is 0. The molecule has 2 aliphatic rings. The molecule has 0 saturated heterocycles. The van der Waals surface area contributed by atoms with Crippen molar-refractivity contribution >= 4 is 0 Å². The Morgan fingerprint density at radius 1 is 0.607 bits per heavy atom. The molecule has 2 atom stereocenters. The molecular weight excluding hydrogens is 340 g/mol. The molecule has 0 radical (unpaired) electrons. The van der Waals surface area contributed by atoms with Crippen LogP contribution in [0.4, 0.5) is 0 Å². The van der Waals surface area contributed by atoms with E-state index in [2.05, 4.69) is 95.6 Å². The maximum absolute atomic E-state index is 2.70. The van der Waals surface area contributed by atoms with Gasteiger partial charge in [-0.3, -0.25) is 9.80 Å². The van der Waals surface area contributed by atoms with Gasteiger partial charge in [0.2, 0.25) is 0 Å². The van der Waals surface area contributed by atoms with E-state index >= 15 is 0 Å². The molecule has 2 nitrogen and oxygen atoms in total. The second-order valence-corrected chi connectivity index (χ2v) is 8.18. The van der Waals surface area contributed by atoms with Gasteiger partial charge in [-0.1, -0.05) is 85.8 Å². The highest BCUT2D eigenvalue weighted by Gasteiger charge is 2.36. The fourth-order valence-corrected chi connectivity index (χ4v) is 5.16. The lowest BCUT2D eigenvalue weighted by Crippen LogP contribution is -2.42. The summed E-state index contributed by atoms with van der Waals surface area (Å²) in [6.07, 6.45) is 1.15. The maximum Gasteiger partial charge on any atom is 0.0510 e. The maximum atomic E-state index is 2.70. The molecule has 2 aliphatic heterocycles. The third-order valence-corrected chi connectivity index (χ3v) is 6.52. The topological polar surface area (TPSA) is 6.48 Å². The molecule has 0 amide bonds. The quantitative estimate of drug-likeness (QED) is 0.583. The van der Waals surface area contributed by atoms with Crippen LogP contribution in [0.1, 0.15) is 47.2 Å². The lowest BCUT2D eigenvalue weighted by molar-refractivity contribution is 0.0690. The zero-order valence-electron chi connectivity index (χ0n) is 16.6. The highest BCUT2D eigenvalue weighted by molar-refractivity contribution is 5.34. The molecule has 0 fully saturated rings. The van der Waals surface area contributed by atoms with E-state index in [9.17, 15) is 0 Å². The van der Waals surface area contributed by atoms with Crippen molar-refractivity contribution in [2.75, 3.05) is 0 Å². The second-order valence-electron chi connectivity index (χ2n) is 8.18. The molecule has 0 N–H and O–H groups in total. The number of nitrogens with zero attached hydrogens (tertiary/aromatic N) is 2. The highest BCUT2D eigenvalue weighted by atomic mass is 15.3. The van der Waals surface area contributed by atoms with Gasteiger partial charge in [0, 0.05) is 32.2 Å². The van der Waals surface area contributed by atoms with Gasteiger partial charge in [-0.2, -0.15) is 0 Å². The molecule has 0 spiro atoms. The minimum absolute atomic E-state index is 0.410. The monoisotopic (exact) mass is 368 g/mol. The number of rotatable bonds is 5. The first-order chi connectivity index (χ1) is 13.8. The van der Waals surface area contributed by atoms with E-state index in [4.69, 9.17) is 0 Å². The van der Waals surface area contributed by atoms with Crippen LogP contribution in [0.2, 0.25) is 0 Å². The minimum atomic E-state index is 0.410. The van der Waals surface area contributed by atoms with Crippen LogP contribution < -0.4 is 0 Å². The van der Waals surface area contributed by atoms with E-state index in [1.54, 1.807) is 0 Å². The number of fused-ring (bicyclic) bond motifs is 2. The second kappa shape index (κ2) is 7.54. The van der Waals surface area contributed by atoms with Crippen LogP contribution in [0.3, 0.4) is 0 Å². The Morgan fingerprint density at radius 2 is 1.04 bits per heavy atom. The summed E-state index contributed by atoms with van der Waals surface area (Å²) in [4.78, 5) is 5.39. The summed E-state index contributed by atoms with van der Waals surface area (Å²) in [6.45, 7) is 6.59. The molecule has 2 heteroatoms. The molecule has 0 aromatic heterocycles. The summed E-state index contributed by atoms with van der Waals surface area (Å²) < 4.78 is 0. The summed E-state index contributed by atoms with van der Waals surface area (Å²) in [6, 6.07) is 30.0. The van der Waals surface area contributed by atoms with Crippen molar-refractivity contribution in [2.45, 2.75) is 51.6 Å². The summed E-state index contributed by atoms with van der Waals surface area (Å²) in [5.74, 6) is 0. The first kappa shape index (κ1) is 17.7. The van der Waals surface area contributed by atoms with Crippen LogP contribution in [0, 0.1) is 0 Å². The Kier molecular flexibility index (Phi) is 4.76. The Labute approximate surface area is 168 Å². The lowest BCUT2D eigenvalue weighted by atomic mass is 9.94. The van der Waals surface area contributed by atoms with Gasteiger partial charge in [-0.25, -0.2) is 0 Å². The molecule has 0 saturated carbocycles. The third kappa shape index (κ3) is 3.17. The Hall–Kier alpha value is -2.42. The Balaban J connectivity index is 1.48. The predicted octanol–water partition coefficient (Wildman–Crippen LogP) is 5.54. The van der Waals surface area contributed by atoms with Crippen molar-refractivity contribution in [1.82, 2.24) is 9.80 Å². The van der Waals surface area contributed by atoms with E-state index < -0.39 is 0 Å². The fraction of sp³-hybridized carbons (Fsp3) is 0.308. The average molecular weight is 369 g/mol. The van der Waals surface area contributed by atoms with Crippen LogP contribution in [-0.2, 0) is 26.2 Å². The smallest absolute Gasteiger partial charge is 0.0510 e. The normalized spacial score (nSPS) is 18.6. The van der Waals surface area contributed by atoms with Crippen molar-refractivity contribution in [3.63, 3.8) is 0 Å². The van der Waals surface area contributed by atoms with Crippen LogP contribution in [0.25, 0.3) is 0 Å². The van der Waals surface area contributed by atoms with E-state index in [0.29, 0.717) is 12.1 Å². The third-order valence-electron chi connectivity index (χ3n) is 6.52. The van der Waals surface area contributed by atoms with Gasteiger partial charge in [0.05, 0.1) is 6.04 Å². The van der Waals surface area contributed by atoms with Gasteiger partial charge in [0.1, 0.15) is 0 Å². The molecule has 0 aliphatic carbocycles. The van der Waals surface area contributed by atoms with E-state index in [1.807, 2.05) is 0 Å². The largest absolute Gasteiger partial charge is 0.290 e. The van der Waals surface area contributed by atoms with Crippen molar-refractivity contribution in [2.24, 2.45) is 0 Å². The van der Waals surface area contributed by atoms with Gasteiger partial charge in [-0.15, -0.1) is 0 Å². The summed E-state index contributed by atoms with van der Waals surface area (Å²) >= 11 is 0. The number of hydrogen-bond acceptors (Lipinski definition) is 2. The summed E-state index contributed by atoms with van der Waals surface area (Å²) in [5.41, 5.74) is 7.42. The molecule has 3 aromatic carbocycles. The van der Waals surface area contributed by atoms with Gasteiger partial charge in [0.25, 0.3) is 0 Å². The SMILES string of the molecule is CCC(C(c1ccccc1)N1Cc2ccccc2C1)N1Cc2ccccc2C1. The van der Waals surface area contributed by atoms with Crippen LogP contribution >= 0.6 is 0 Å². The lowest BCUT2D eigenvalue weighted by Gasteiger charge is -2.39. The zero-order chi connectivity index (χ0) is 18.9. The molecular formula is C26H28N2. The van der Waals surface area contributed by atoms with Crippen molar-refractivity contribution in [3.05, 3.63) is 107 Å². The number of benzene rings is 3. The molecule has 2 heterocycles. The van der Waals surface area contributed by atoms with E-state index in [-0.39, 0.29) is 0 Å². The van der Waals surface area contributed by atoms with Crippen molar-refractivity contribution < 1.29 is 0 Å². The van der Waals surface area contributed by atoms with Crippen LogP contribution in [0.5, 0.6) is 0 Å². The molecule has 2 unspecified atom stereocenters. The standard InChI is InChI=1S/C26H28N2/c1-2-25(27-16-21-12-6-7-13-22(21)17-27)26(20-10-4-3-5-11-20)28-18-23-14-8-9-15-24(23)19-28/h3-15,25-26H,2,16-19H2,1H3. The van der Waals surface area contributed by atoms with Gasteiger partial charge >= 0.3 is 0 Å². The van der Waals surface area contributed by atoms with E-state index in [1.165, 1.54) is 27.8 Å². The van der Waals surface area contributed by atoms with Gasteiger partial charge < -0.3 is 0 Å². The van der Waals surface area contributed by atoms with E-state index in [0.717, 1.165) is 32.6 Å². The Morgan fingerprint density at radius 3 is 1.50 bits per heavy atom. The predicted molar refractivity (Wildman–Crippen MR) is 115 cm³/mol. The van der Waals surface area contributed by atoms with Crippen LogP contribution in [-0.4, -0.2) is 15.8 Å². The molecule has 5 rings (SSSR count). The minimum Gasteiger partial charge on any atom is -0.290 e. The summed E-state index contributed by atoms with van der Waals surface area (Å²) in [7, 11) is 0.